The lowest BCUT2D eigenvalue weighted by molar-refractivity contribution is 0.323. The molecule has 0 spiro atoms. The molecule has 0 saturated carbocycles. The van der Waals surface area contributed by atoms with Gasteiger partial charge < -0.3 is 11.1 Å². The predicted molar refractivity (Wildman–Crippen MR) is 30.3 cm³/mol. The molecule has 0 radical (unpaired) electrons. The van der Waals surface area contributed by atoms with Gasteiger partial charge in [-0.2, -0.15) is 0 Å². The maximum absolute atomic E-state index is 12.4. The van der Waals surface area contributed by atoms with E-state index in [1.807, 2.05) is 6.92 Å². The van der Waals surface area contributed by atoms with Crippen LogP contribution in [0.15, 0.2) is 0 Å². The summed E-state index contributed by atoms with van der Waals surface area (Å²) in [4.78, 5) is 0. The van der Waals surface area contributed by atoms with Crippen molar-refractivity contribution in [2.45, 2.75) is 25.2 Å². The van der Waals surface area contributed by atoms with Crippen LogP contribution in [0.25, 0.3) is 0 Å². The lowest BCUT2D eigenvalue weighted by atomic mass is 10.1. The number of alkyl halides is 1. The normalized spacial score (nSPS) is 47.6. The van der Waals surface area contributed by atoms with Gasteiger partial charge in [0.2, 0.25) is 0 Å². The molecule has 48 valence electrons. The minimum atomic E-state index is -0.843. The average Bonchev–Trinajstić information content (AvgIpc) is 1.98. The third-order valence-electron chi connectivity index (χ3n) is 1.63. The molecule has 0 amide bonds. The predicted octanol–water partition coefficient (Wildman–Crippen LogP) is -0.356. The quantitative estimate of drug-likeness (QED) is 0.456. The van der Waals surface area contributed by atoms with Crippen LogP contribution in [0.5, 0.6) is 0 Å². The molecule has 3 heteroatoms. The Morgan fingerprint density at radius 2 is 2.38 bits per heavy atom. The van der Waals surface area contributed by atoms with Gasteiger partial charge in [-0.15, -0.1) is 0 Å². The van der Waals surface area contributed by atoms with Gasteiger partial charge in [-0.25, -0.2) is 4.39 Å². The smallest absolute Gasteiger partial charge is 0.129 e. The number of hydrogen-bond acceptors (Lipinski definition) is 2. The van der Waals surface area contributed by atoms with E-state index in [9.17, 15) is 4.39 Å². The molecule has 1 aliphatic heterocycles. The van der Waals surface area contributed by atoms with Gasteiger partial charge in [0.05, 0.1) is 6.04 Å². The van der Waals surface area contributed by atoms with Crippen molar-refractivity contribution < 1.29 is 4.39 Å². The highest BCUT2D eigenvalue weighted by atomic mass is 19.1. The van der Waals surface area contributed by atoms with E-state index >= 15 is 0 Å². The van der Waals surface area contributed by atoms with E-state index in [1.165, 1.54) is 0 Å². The topological polar surface area (TPSA) is 38.0 Å². The first kappa shape index (κ1) is 5.98. The second kappa shape index (κ2) is 1.99. The van der Waals surface area contributed by atoms with E-state index in [1.54, 1.807) is 0 Å². The Morgan fingerprint density at radius 1 is 1.75 bits per heavy atom. The highest BCUT2D eigenvalue weighted by molar-refractivity contribution is 4.90. The second-order valence-corrected chi connectivity index (χ2v) is 2.29. The molecule has 1 fully saturated rings. The molecule has 8 heavy (non-hydrogen) atoms. The van der Waals surface area contributed by atoms with Crippen molar-refractivity contribution in [1.29, 1.82) is 0 Å². The molecule has 1 rings (SSSR count). The van der Waals surface area contributed by atoms with Crippen LogP contribution in [0.2, 0.25) is 0 Å². The van der Waals surface area contributed by atoms with E-state index in [0.717, 1.165) is 0 Å². The maximum Gasteiger partial charge on any atom is 0.129 e. The standard InChI is InChI=1S/C5H11FN2/c1-3-5(7)4(6)2-8-3/h3-5,8H,2,7H2,1H3/t3?,4-,5-/m0/s1. The van der Waals surface area contributed by atoms with Crippen LogP contribution in [0.3, 0.4) is 0 Å². The van der Waals surface area contributed by atoms with Gasteiger partial charge in [0, 0.05) is 12.6 Å². The summed E-state index contributed by atoms with van der Waals surface area (Å²) in [6.45, 7) is 2.31. The summed E-state index contributed by atoms with van der Waals surface area (Å²) in [6.07, 6.45) is -0.843. The Kier molecular flexibility index (Phi) is 1.49. The zero-order valence-corrected chi connectivity index (χ0v) is 4.89. The summed E-state index contributed by atoms with van der Waals surface area (Å²) in [7, 11) is 0. The Labute approximate surface area is 48.2 Å². The number of rotatable bonds is 0. The molecule has 1 heterocycles. The highest BCUT2D eigenvalue weighted by Crippen LogP contribution is 2.07. The Hall–Kier alpha value is -0.150. The van der Waals surface area contributed by atoms with Gasteiger partial charge in [0.1, 0.15) is 6.17 Å². The largest absolute Gasteiger partial charge is 0.324 e. The molecule has 1 saturated heterocycles. The fourth-order valence-corrected chi connectivity index (χ4v) is 0.884. The van der Waals surface area contributed by atoms with Crippen molar-refractivity contribution in [3.63, 3.8) is 0 Å². The first-order valence-electron chi connectivity index (χ1n) is 2.85. The molecule has 0 bridgehead atoms. The SMILES string of the molecule is CC1NC[C@H](F)[C@H]1N. The van der Waals surface area contributed by atoms with Gasteiger partial charge >= 0.3 is 0 Å². The van der Waals surface area contributed by atoms with Crippen molar-refractivity contribution in [2.24, 2.45) is 5.73 Å². The third kappa shape index (κ3) is 0.833. The molecule has 0 aromatic heterocycles. The van der Waals surface area contributed by atoms with E-state index < -0.39 is 6.17 Å². The van der Waals surface area contributed by atoms with Crippen molar-refractivity contribution in [3.8, 4) is 0 Å². The molecule has 0 aliphatic carbocycles. The third-order valence-corrected chi connectivity index (χ3v) is 1.63. The summed E-state index contributed by atoms with van der Waals surface area (Å²) >= 11 is 0. The molecule has 0 aromatic carbocycles. The Morgan fingerprint density at radius 3 is 2.50 bits per heavy atom. The zero-order chi connectivity index (χ0) is 6.15. The number of hydrogen-bond donors (Lipinski definition) is 2. The van der Waals surface area contributed by atoms with Gasteiger partial charge in [0.25, 0.3) is 0 Å². The monoisotopic (exact) mass is 118 g/mol. The molecule has 2 nitrogen and oxygen atoms in total. The Balaban J connectivity index is 2.44. The first-order chi connectivity index (χ1) is 3.72. The molecule has 1 aliphatic rings. The van der Waals surface area contributed by atoms with Gasteiger partial charge in [-0.05, 0) is 6.92 Å². The van der Waals surface area contributed by atoms with Crippen LogP contribution in [0, 0.1) is 0 Å². The van der Waals surface area contributed by atoms with Crippen molar-refractivity contribution in [3.05, 3.63) is 0 Å². The van der Waals surface area contributed by atoms with E-state index in [4.69, 9.17) is 5.73 Å². The number of halogens is 1. The molecule has 3 N–H and O–H groups in total. The lowest BCUT2D eigenvalue weighted by Gasteiger charge is -2.08. The minimum absolute atomic E-state index is 0.144. The van der Waals surface area contributed by atoms with Crippen LogP contribution in [-0.4, -0.2) is 24.8 Å². The van der Waals surface area contributed by atoms with Gasteiger partial charge in [0.15, 0.2) is 0 Å². The first-order valence-corrected chi connectivity index (χ1v) is 2.85. The minimum Gasteiger partial charge on any atom is -0.324 e. The Bertz CT molecular complexity index is 76.5. The molecular weight excluding hydrogens is 107 g/mol. The summed E-state index contributed by atoms with van der Waals surface area (Å²) in [5, 5.41) is 2.92. The van der Waals surface area contributed by atoms with Crippen molar-refractivity contribution >= 4 is 0 Å². The molecule has 3 atom stereocenters. The molecule has 0 aromatic rings. The van der Waals surface area contributed by atoms with Crippen molar-refractivity contribution in [1.82, 2.24) is 5.32 Å². The van der Waals surface area contributed by atoms with Crippen LogP contribution < -0.4 is 11.1 Å². The van der Waals surface area contributed by atoms with Gasteiger partial charge in [-0.1, -0.05) is 0 Å². The van der Waals surface area contributed by atoms with Crippen molar-refractivity contribution in [2.75, 3.05) is 6.54 Å². The van der Waals surface area contributed by atoms with Crippen LogP contribution in [0.1, 0.15) is 6.92 Å². The maximum atomic E-state index is 12.4. The van der Waals surface area contributed by atoms with Crippen LogP contribution in [-0.2, 0) is 0 Å². The van der Waals surface area contributed by atoms with Crippen LogP contribution >= 0.6 is 0 Å². The zero-order valence-electron chi connectivity index (χ0n) is 4.89. The van der Waals surface area contributed by atoms with E-state index in [-0.39, 0.29) is 12.1 Å². The average molecular weight is 118 g/mol. The lowest BCUT2D eigenvalue weighted by Crippen LogP contribution is -2.37. The summed E-state index contributed by atoms with van der Waals surface area (Å²) in [6, 6.07) is -0.153. The van der Waals surface area contributed by atoms with E-state index in [0.29, 0.717) is 6.54 Å². The molecular formula is C5H11FN2. The number of nitrogens with one attached hydrogen (secondary N) is 1. The van der Waals surface area contributed by atoms with Crippen LogP contribution in [0.4, 0.5) is 4.39 Å². The van der Waals surface area contributed by atoms with E-state index in [2.05, 4.69) is 5.32 Å². The highest BCUT2D eigenvalue weighted by Gasteiger charge is 2.29. The molecule has 1 unspecified atom stereocenters. The number of nitrogens with two attached hydrogens (primary N) is 1. The summed E-state index contributed by atoms with van der Waals surface area (Å²) in [5.41, 5.74) is 5.38. The fraction of sp³-hybridized carbons (Fsp3) is 1.00. The summed E-state index contributed by atoms with van der Waals surface area (Å²) in [5.74, 6) is 0. The second-order valence-electron chi connectivity index (χ2n) is 2.29. The van der Waals surface area contributed by atoms with Gasteiger partial charge in [-0.3, -0.25) is 0 Å². The summed E-state index contributed by atoms with van der Waals surface area (Å²) < 4.78 is 12.4. The fourth-order valence-electron chi connectivity index (χ4n) is 0.884.